The molecule has 0 heterocycles. The van der Waals surface area contributed by atoms with Gasteiger partial charge < -0.3 is 5.32 Å². The molecule has 100 valence electrons. The van der Waals surface area contributed by atoms with Crippen molar-refractivity contribution in [1.82, 2.24) is 0 Å². The Kier molecular flexibility index (Phi) is 4.67. The Balaban J connectivity index is 2.00. The molecule has 0 aromatic heterocycles. The molecule has 0 fully saturated rings. The monoisotopic (exact) mass is 297 g/mol. The van der Waals surface area contributed by atoms with Crippen LogP contribution in [-0.4, -0.2) is 6.04 Å². The highest BCUT2D eigenvalue weighted by Crippen LogP contribution is 2.19. The molecular weight excluding hydrogens is 284 g/mol. The zero-order chi connectivity index (χ0) is 13.8. The first-order chi connectivity index (χ1) is 9.02. The fourth-order valence-electron chi connectivity index (χ4n) is 1.95. The highest BCUT2D eigenvalue weighted by molar-refractivity contribution is 6.31. The molecule has 0 aliphatic heterocycles. The van der Waals surface area contributed by atoms with Crippen LogP contribution in [0.15, 0.2) is 42.5 Å². The van der Waals surface area contributed by atoms with Crippen LogP contribution in [0.3, 0.4) is 0 Å². The summed E-state index contributed by atoms with van der Waals surface area (Å²) in [5.41, 5.74) is 1.86. The van der Waals surface area contributed by atoms with Gasteiger partial charge in [0.05, 0.1) is 0 Å². The third kappa shape index (κ3) is 4.41. The minimum atomic E-state index is -0.339. The van der Waals surface area contributed by atoms with Crippen LogP contribution in [0, 0.1) is 5.82 Å². The molecule has 1 unspecified atom stereocenters. The largest absolute Gasteiger partial charge is 0.382 e. The number of hydrogen-bond acceptors (Lipinski definition) is 1. The molecule has 0 saturated heterocycles. The van der Waals surface area contributed by atoms with Gasteiger partial charge in [0, 0.05) is 21.8 Å². The van der Waals surface area contributed by atoms with Gasteiger partial charge in [0.25, 0.3) is 0 Å². The Morgan fingerprint density at radius 2 is 1.74 bits per heavy atom. The second-order valence-electron chi connectivity index (χ2n) is 4.53. The molecule has 0 aliphatic rings. The van der Waals surface area contributed by atoms with E-state index >= 15 is 0 Å². The van der Waals surface area contributed by atoms with Gasteiger partial charge in [0.2, 0.25) is 0 Å². The van der Waals surface area contributed by atoms with Crippen molar-refractivity contribution in [2.75, 3.05) is 5.32 Å². The van der Waals surface area contributed by atoms with Crippen molar-refractivity contribution < 1.29 is 4.39 Å². The summed E-state index contributed by atoms with van der Waals surface area (Å²) in [7, 11) is 0. The van der Waals surface area contributed by atoms with E-state index in [1.165, 1.54) is 17.7 Å². The van der Waals surface area contributed by atoms with Crippen molar-refractivity contribution in [2.45, 2.75) is 19.4 Å². The standard InChI is InChI=1S/C15H14Cl2FN/c1-10(6-11-2-4-12(16)5-3-11)19-15-8-13(17)7-14(18)9-15/h2-5,7-10,19H,6H2,1H3. The van der Waals surface area contributed by atoms with Crippen molar-refractivity contribution >= 4 is 28.9 Å². The predicted octanol–water partition coefficient (Wildman–Crippen LogP) is 5.18. The quantitative estimate of drug-likeness (QED) is 0.820. The zero-order valence-electron chi connectivity index (χ0n) is 10.5. The van der Waals surface area contributed by atoms with Crippen LogP contribution in [-0.2, 0) is 6.42 Å². The highest BCUT2D eigenvalue weighted by atomic mass is 35.5. The van der Waals surface area contributed by atoms with Gasteiger partial charge >= 0.3 is 0 Å². The Bertz CT molecular complexity index is 534. The van der Waals surface area contributed by atoms with Crippen LogP contribution < -0.4 is 5.32 Å². The molecule has 1 nitrogen and oxygen atoms in total. The highest BCUT2D eigenvalue weighted by Gasteiger charge is 2.05. The molecule has 0 radical (unpaired) electrons. The molecule has 0 aliphatic carbocycles. The van der Waals surface area contributed by atoms with E-state index in [1.807, 2.05) is 31.2 Å². The number of anilines is 1. The summed E-state index contributed by atoms with van der Waals surface area (Å²) in [6.45, 7) is 2.04. The first kappa shape index (κ1) is 14.2. The van der Waals surface area contributed by atoms with Crippen molar-refractivity contribution in [3.63, 3.8) is 0 Å². The second kappa shape index (κ2) is 6.27. The Morgan fingerprint density at radius 1 is 1.05 bits per heavy atom. The normalized spacial score (nSPS) is 12.2. The lowest BCUT2D eigenvalue weighted by Gasteiger charge is -2.15. The first-order valence-electron chi connectivity index (χ1n) is 6.00. The fourth-order valence-corrected chi connectivity index (χ4v) is 2.29. The topological polar surface area (TPSA) is 12.0 Å². The van der Waals surface area contributed by atoms with E-state index in [4.69, 9.17) is 23.2 Å². The SMILES string of the molecule is CC(Cc1ccc(Cl)cc1)Nc1cc(F)cc(Cl)c1. The zero-order valence-corrected chi connectivity index (χ0v) is 12.0. The summed E-state index contributed by atoms with van der Waals surface area (Å²) in [6.07, 6.45) is 0.825. The lowest BCUT2D eigenvalue weighted by atomic mass is 10.1. The molecule has 19 heavy (non-hydrogen) atoms. The van der Waals surface area contributed by atoms with Crippen molar-refractivity contribution in [2.24, 2.45) is 0 Å². The summed E-state index contributed by atoms with van der Waals surface area (Å²) in [5, 5.41) is 4.34. The van der Waals surface area contributed by atoms with E-state index in [9.17, 15) is 4.39 Å². The molecule has 4 heteroatoms. The minimum absolute atomic E-state index is 0.166. The minimum Gasteiger partial charge on any atom is -0.382 e. The Labute approximate surface area is 122 Å². The Hall–Kier alpha value is -1.25. The van der Waals surface area contributed by atoms with Crippen LogP contribution >= 0.6 is 23.2 Å². The number of hydrogen-bond donors (Lipinski definition) is 1. The molecule has 0 bridgehead atoms. The summed E-state index contributed by atoms with van der Waals surface area (Å²) in [6, 6.07) is 12.3. The summed E-state index contributed by atoms with van der Waals surface area (Å²) >= 11 is 11.7. The van der Waals surface area contributed by atoms with Crippen LogP contribution in [0.25, 0.3) is 0 Å². The van der Waals surface area contributed by atoms with Gasteiger partial charge in [-0.1, -0.05) is 35.3 Å². The van der Waals surface area contributed by atoms with Gasteiger partial charge in [-0.15, -0.1) is 0 Å². The fraction of sp³-hybridized carbons (Fsp3) is 0.200. The van der Waals surface area contributed by atoms with Gasteiger partial charge in [0.15, 0.2) is 0 Å². The molecule has 2 rings (SSSR count). The molecule has 0 saturated carbocycles. The third-order valence-electron chi connectivity index (χ3n) is 2.73. The molecule has 1 N–H and O–H groups in total. The van der Waals surface area contributed by atoms with Crippen LogP contribution in [0.4, 0.5) is 10.1 Å². The number of nitrogens with one attached hydrogen (secondary N) is 1. The van der Waals surface area contributed by atoms with Gasteiger partial charge in [-0.3, -0.25) is 0 Å². The molecule has 1 atom stereocenters. The number of rotatable bonds is 4. The smallest absolute Gasteiger partial charge is 0.126 e. The van der Waals surface area contributed by atoms with Crippen LogP contribution in [0.1, 0.15) is 12.5 Å². The van der Waals surface area contributed by atoms with Crippen molar-refractivity contribution in [3.05, 3.63) is 63.9 Å². The molecule has 0 spiro atoms. The van der Waals surface area contributed by atoms with E-state index < -0.39 is 0 Å². The maximum atomic E-state index is 13.2. The second-order valence-corrected chi connectivity index (χ2v) is 5.41. The molecular formula is C15H14Cl2FN. The van der Waals surface area contributed by atoms with E-state index in [0.717, 1.165) is 11.4 Å². The van der Waals surface area contributed by atoms with Gasteiger partial charge in [-0.2, -0.15) is 0 Å². The number of benzene rings is 2. The van der Waals surface area contributed by atoms with Crippen LogP contribution in [0.2, 0.25) is 10.0 Å². The van der Waals surface area contributed by atoms with Gasteiger partial charge in [0.1, 0.15) is 5.82 Å². The molecule has 0 amide bonds. The van der Waals surface area contributed by atoms with E-state index in [0.29, 0.717) is 10.7 Å². The maximum absolute atomic E-state index is 13.2. The van der Waals surface area contributed by atoms with Crippen molar-refractivity contribution in [3.8, 4) is 0 Å². The lowest BCUT2D eigenvalue weighted by Crippen LogP contribution is -2.18. The molecule has 2 aromatic carbocycles. The summed E-state index contributed by atoms with van der Waals surface area (Å²) in [4.78, 5) is 0. The van der Waals surface area contributed by atoms with E-state index in [2.05, 4.69) is 5.32 Å². The summed E-state index contributed by atoms with van der Waals surface area (Å²) < 4.78 is 13.2. The van der Waals surface area contributed by atoms with Gasteiger partial charge in [-0.05, 0) is 49.2 Å². The molecule has 2 aromatic rings. The first-order valence-corrected chi connectivity index (χ1v) is 6.75. The average Bonchev–Trinajstić information content (AvgIpc) is 2.30. The van der Waals surface area contributed by atoms with Crippen LogP contribution in [0.5, 0.6) is 0 Å². The Morgan fingerprint density at radius 3 is 2.37 bits per heavy atom. The summed E-state index contributed by atoms with van der Waals surface area (Å²) in [5.74, 6) is -0.339. The van der Waals surface area contributed by atoms with E-state index in [1.54, 1.807) is 6.07 Å². The van der Waals surface area contributed by atoms with E-state index in [-0.39, 0.29) is 11.9 Å². The van der Waals surface area contributed by atoms with Gasteiger partial charge in [-0.25, -0.2) is 4.39 Å². The predicted molar refractivity (Wildman–Crippen MR) is 79.7 cm³/mol. The lowest BCUT2D eigenvalue weighted by molar-refractivity contribution is 0.628. The third-order valence-corrected chi connectivity index (χ3v) is 3.20. The average molecular weight is 298 g/mol. The number of halogens is 3. The maximum Gasteiger partial charge on any atom is 0.126 e. The van der Waals surface area contributed by atoms with Crippen molar-refractivity contribution in [1.29, 1.82) is 0 Å².